The van der Waals surface area contributed by atoms with Crippen LogP contribution in [0.5, 0.6) is 11.5 Å². The summed E-state index contributed by atoms with van der Waals surface area (Å²) in [6.07, 6.45) is 1.15. The molecule has 0 fully saturated rings. The third-order valence-electron chi connectivity index (χ3n) is 4.31. The summed E-state index contributed by atoms with van der Waals surface area (Å²) >= 11 is 0. The maximum Gasteiger partial charge on any atom is 0.331 e. The molecule has 8 nitrogen and oxygen atoms in total. The second-order valence-electron chi connectivity index (χ2n) is 6.16. The van der Waals surface area contributed by atoms with Gasteiger partial charge in [0.25, 0.3) is 0 Å². The van der Waals surface area contributed by atoms with E-state index < -0.39 is 11.8 Å². The molecule has 0 heterocycles. The largest absolute Gasteiger partial charge is 0.497 e. The Balaban J connectivity index is 2.01. The Hall–Kier alpha value is -3.68. The van der Waals surface area contributed by atoms with E-state index >= 15 is 0 Å². The topological polar surface area (TPSA) is 101 Å². The van der Waals surface area contributed by atoms with Gasteiger partial charge < -0.3 is 9.47 Å². The van der Waals surface area contributed by atoms with Crippen LogP contribution in [0.15, 0.2) is 58.7 Å². The Kier molecular flexibility index (Phi) is 8.56. The number of hydrogen-bond acceptors (Lipinski definition) is 6. The fraction of sp³-hybridized carbons (Fsp3) is 0.273. The molecule has 2 N–H and O–H groups in total. The molecule has 0 saturated heterocycles. The Morgan fingerprint density at radius 3 is 1.30 bits per heavy atom. The van der Waals surface area contributed by atoms with E-state index in [1.165, 1.54) is 0 Å². The van der Waals surface area contributed by atoms with Gasteiger partial charge in [-0.05, 0) is 72.5 Å². The molecular weight excluding hydrogens is 384 g/mol. The summed E-state index contributed by atoms with van der Waals surface area (Å²) < 4.78 is 10.3. The lowest BCUT2D eigenvalue weighted by Gasteiger charge is -2.07. The predicted molar refractivity (Wildman–Crippen MR) is 116 cm³/mol. The summed E-state index contributed by atoms with van der Waals surface area (Å²) in [5.41, 5.74) is 7.47. The number of amides is 2. The number of carbonyl (C=O) groups is 2. The summed E-state index contributed by atoms with van der Waals surface area (Å²) in [5.74, 6) is -0.357. The molecule has 2 amide bonds. The zero-order chi connectivity index (χ0) is 21.9. The van der Waals surface area contributed by atoms with Crippen LogP contribution in [0, 0.1) is 0 Å². The molecule has 0 bridgehead atoms. The van der Waals surface area contributed by atoms with E-state index in [-0.39, 0.29) is 0 Å². The Bertz CT molecular complexity index is 842. The van der Waals surface area contributed by atoms with Crippen LogP contribution in [0.25, 0.3) is 0 Å². The van der Waals surface area contributed by atoms with Crippen molar-refractivity contribution >= 4 is 23.2 Å². The number of rotatable bonds is 8. The Labute approximate surface area is 176 Å². The van der Waals surface area contributed by atoms with Crippen LogP contribution in [0.4, 0.5) is 0 Å². The number of hydrogen-bond donors (Lipinski definition) is 2. The summed E-state index contributed by atoms with van der Waals surface area (Å²) in [7, 11) is 3.17. The third kappa shape index (κ3) is 6.16. The van der Waals surface area contributed by atoms with Crippen molar-refractivity contribution in [2.24, 2.45) is 10.2 Å². The van der Waals surface area contributed by atoms with Gasteiger partial charge in [0, 0.05) is 0 Å². The van der Waals surface area contributed by atoms with Crippen molar-refractivity contribution in [1.29, 1.82) is 0 Å². The fourth-order valence-electron chi connectivity index (χ4n) is 2.60. The molecule has 158 valence electrons. The van der Waals surface area contributed by atoms with Gasteiger partial charge in [0.05, 0.1) is 25.6 Å². The minimum absolute atomic E-state index is 0.573. The van der Waals surface area contributed by atoms with Gasteiger partial charge in [0.1, 0.15) is 11.5 Å². The molecule has 0 spiro atoms. The second-order valence-corrected chi connectivity index (χ2v) is 6.16. The second kappa shape index (κ2) is 11.4. The zero-order valence-corrected chi connectivity index (χ0v) is 17.6. The SMILES string of the molecule is CC/C(=N\NC(=O)C(=O)N/N=C(\CC)c1ccc(OC)cc1)c1ccc(OC)cc1. The molecule has 2 aromatic carbocycles. The monoisotopic (exact) mass is 410 g/mol. The molecule has 0 aliphatic rings. The van der Waals surface area contributed by atoms with Gasteiger partial charge in [0.15, 0.2) is 0 Å². The molecule has 0 aliphatic carbocycles. The maximum atomic E-state index is 12.1. The van der Waals surface area contributed by atoms with Gasteiger partial charge in [0.2, 0.25) is 0 Å². The minimum Gasteiger partial charge on any atom is -0.497 e. The van der Waals surface area contributed by atoms with Crippen LogP contribution in [0.1, 0.15) is 37.8 Å². The maximum absolute atomic E-state index is 12.1. The first-order chi connectivity index (χ1) is 14.5. The zero-order valence-electron chi connectivity index (χ0n) is 17.6. The molecular formula is C22H26N4O4. The van der Waals surface area contributed by atoms with E-state index in [0.29, 0.717) is 24.3 Å². The Morgan fingerprint density at radius 1 is 0.700 bits per heavy atom. The molecule has 2 aromatic rings. The molecule has 0 aliphatic heterocycles. The van der Waals surface area contributed by atoms with Crippen molar-refractivity contribution in [1.82, 2.24) is 10.9 Å². The summed E-state index contributed by atoms with van der Waals surface area (Å²) in [6.45, 7) is 3.81. The number of carbonyl (C=O) groups excluding carboxylic acids is 2. The molecule has 2 rings (SSSR count). The number of hydrazone groups is 2. The standard InChI is InChI=1S/C22H26N4O4/c1-5-19(15-7-11-17(29-3)12-8-15)23-25-21(27)22(28)26-24-20(6-2)16-9-13-18(30-4)14-10-16/h7-14H,5-6H2,1-4H3,(H,25,27)(H,26,28)/b23-19+,24-20+. The smallest absolute Gasteiger partial charge is 0.331 e. The molecule has 0 saturated carbocycles. The van der Waals surface area contributed by atoms with Gasteiger partial charge >= 0.3 is 11.8 Å². The first-order valence-electron chi connectivity index (χ1n) is 9.54. The lowest BCUT2D eigenvalue weighted by atomic mass is 10.1. The van der Waals surface area contributed by atoms with E-state index in [0.717, 1.165) is 22.6 Å². The average Bonchev–Trinajstić information content (AvgIpc) is 2.80. The van der Waals surface area contributed by atoms with Crippen LogP contribution >= 0.6 is 0 Å². The van der Waals surface area contributed by atoms with Gasteiger partial charge in [-0.3, -0.25) is 9.59 Å². The molecule has 0 aromatic heterocycles. The lowest BCUT2D eigenvalue weighted by molar-refractivity contribution is -0.139. The number of benzene rings is 2. The molecule has 0 radical (unpaired) electrons. The average molecular weight is 410 g/mol. The van der Waals surface area contributed by atoms with Gasteiger partial charge in [-0.15, -0.1) is 0 Å². The van der Waals surface area contributed by atoms with Crippen molar-refractivity contribution in [3.05, 3.63) is 59.7 Å². The fourth-order valence-corrected chi connectivity index (χ4v) is 2.60. The van der Waals surface area contributed by atoms with Crippen LogP contribution in [0.3, 0.4) is 0 Å². The molecule has 30 heavy (non-hydrogen) atoms. The Morgan fingerprint density at radius 2 is 1.03 bits per heavy atom. The first kappa shape index (κ1) is 22.6. The third-order valence-corrected chi connectivity index (χ3v) is 4.31. The van der Waals surface area contributed by atoms with Crippen LogP contribution in [-0.2, 0) is 9.59 Å². The summed E-state index contributed by atoms with van der Waals surface area (Å²) in [6, 6.07) is 14.5. The van der Waals surface area contributed by atoms with Crippen molar-refractivity contribution < 1.29 is 19.1 Å². The molecule has 0 atom stereocenters. The van der Waals surface area contributed by atoms with E-state index in [2.05, 4.69) is 21.1 Å². The highest BCUT2D eigenvalue weighted by molar-refractivity contribution is 6.35. The van der Waals surface area contributed by atoms with E-state index in [4.69, 9.17) is 9.47 Å². The quantitative estimate of drug-likeness (QED) is 0.397. The van der Waals surface area contributed by atoms with E-state index in [1.54, 1.807) is 38.5 Å². The van der Waals surface area contributed by atoms with Crippen molar-refractivity contribution in [3.63, 3.8) is 0 Å². The number of ether oxygens (including phenoxy) is 2. The van der Waals surface area contributed by atoms with Crippen LogP contribution < -0.4 is 20.3 Å². The number of methoxy groups -OCH3 is 2. The van der Waals surface area contributed by atoms with Crippen molar-refractivity contribution in [2.45, 2.75) is 26.7 Å². The summed E-state index contributed by atoms with van der Waals surface area (Å²) in [5, 5.41) is 8.13. The highest BCUT2D eigenvalue weighted by Gasteiger charge is 2.13. The highest BCUT2D eigenvalue weighted by atomic mass is 16.5. The normalized spacial score (nSPS) is 11.6. The number of nitrogens with zero attached hydrogens (tertiary/aromatic N) is 2. The molecule has 0 unspecified atom stereocenters. The van der Waals surface area contributed by atoms with Gasteiger partial charge in [-0.2, -0.15) is 10.2 Å². The molecule has 8 heteroatoms. The van der Waals surface area contributed by atoms with Crippen LogP contribution in [-0.4, -0.2) is 37.5 Å². The van der Waals surface area contributed by atoms with E-state index in [1.807, 2.05) is 38.1 Å². The van der Waals surface area contributed by atoms with Gasteiger partial charge in [-0.25, -0.2) is 10.9 Å². The van der Waals surface area contributed by atoms with E-state index in [9.17, 15) is 9.59 Å². The minimum atomic E-state index is -0.900. The van der Waals surface area contributed by atoms with Gasteiger partial charge in [-0.1, -0.05) is 13.8 Å². The van der Waals surface area contributed by atoms with Crippen molar-refractivity contribution in [3.8, 4) is 11.5 Å². The summed E-state index contributed by atoms with van der Waals surface area (Å²) in [4.78, 5) is 24.2. The van der Waals surface area contributed by atoms with Crippen LogP contribution in [0.2, 0.25) is 0 Å². The predicted octanol–water partition coefficient (Wildman–Crippen LogP) is 2.86. The first-order valence-corrected chi connectivity index (χ1v) is 9.54. The highest BCUT2D eigenvalue weighted by Crippen LogP contribution is 2.14. The number of nitrogens with one attached hydrogen (secondary N) is 2. The van der Waals surface area contributed by atoms with Crippen molar-refractivity contribution in [2.75, 3.05) is 14.2 Å². The lowest BCUT2D eigenvalue weighted by Crippen LogP contribution is -2.36.